The van der Waals surface area contributed by atoms with Gasteiger partial charge < -0.3 is 15.7 Å². The molecule has 0 aliphatic heterocycles. The highest BCUT2D eigenvalue weighted by Gasteiger charge is 2.21. The van der Waals surface area contributed by atoms with Crippen LogP contribution in [0.4, 0.5) is 0 Å². The topological polar surface area (TPSA) is 56.7 Å². The molecule has 20 heavy (non-hydrogen) atoms. The van der Waals surface area contributed by atoms with Crippen molar-refractivity contribution in [2.75, 3.05) is 19.6 Å². The van der Waals surface area contributed by atoms with Crippen molar-refractivity contribution < 1.29 is 5.11 Å². The van der Waals surface area contributed by atoms with Crippen LogP contribution < -0.4 is 10.6 Å². The predicted octanol–water partition coefficient (Wildman–Crippen LogP) is 3.02. The monoisotopic (exact) mass is 429 g/mol. The van der Waals surface area contributed by atoms with E-state index >= 15 is 0 Å². The molecular weight excluding hydrogens is 409 g/mol. The molecule has 7 heteroatoms. The zero-order valence-corrected chi connectivity index (χ0v) is 15.3. The van der Waals surface area contributed by atoms with E-state index in [4.69, 9.17) is 11.6 Å². The van der Waals surface area contributed by atoms with E-state index in [0.29, 0.717) is 10.9 Å². The maximum absolute atomic E-state index is 10.0. The molecule has 1 aliphatic carbocycles. The Labute approximate surface area is 146 Å². The highest BCUT2D eigenvalue weighted by atomic mass is 127. The number of aliphatic hydroxyl groups is 1. The molecule has 0 spiro atoms. The van der Waals surface area contributed by atoms with Gasteiger partial charge in [0.25, 0.3) is 0 Å². The Balaban J connectivity index is 0.00000200. The van der Waals surface area contributed by atoms with Crippen LogP contribution in [0.1, 0.15) is 30.7 Å². The third kappa shape index (κ3) is 6.15. The van der Waals surface area contributed by atoms with Gasteiger partial charge in [0.2, 0.25) is 0 Å². The lowest BCUT2D eigenvalue weighted by Gasteiger charge is -2.12. The molecule has 0 amide bonds. The third-order valence-corrected chi connectivity index (χ3v) is 4.28. The van der Waals surface area contributed by atoms with Crippen LogP contribution in [0, 0.1) is 5.92 Å². The Kier molecular flexibility index (Phi) is 8.16. The summed E-state index contributed by atoms with van der Waals surface area (Å²) < 4.78 is 0.691. The first-order chi connectivity index (χ1) is 9.19. The molecule has 1 aliphatic rings. The zero-order valence-electron chi connectivity index (χ0n) is 11.4. The van der Waals surface area contributed by atoms with Crippen LogP contribution in [0.5, 0.6) is 0 Å². The number of rotatable bonds is 6. The molecule has 2 rings (SSSR count). The van der Waals surface area contributed by atoms with Crippen LogP contribution >= 0.6 is 46.9 Å². The summed E-state index contributed by atoms with van der Waals surface area (Å²) in [6, 6.07) is 3.64. The van der Waals surface area contributed by atoms with Gasteiger partial charge in [-0.2, -0.15) is 0 Å². The Morgan fingerprint density at radius 3 is 2.80 bits per heavy atom. The van der Waals surface area contributed by atoms with Crippen molar-refractivity contribution in [3.8, 4) is 0 Å². The van der Waals surface area contributed by atoms with Crippen LogP contribution in [0.3, 0.4) is 0 Å². The van der Waals surface area contributed by atoms with Crippen molar-refractivity contribution in [2.24, 2.45) is 10.9 Å². The SMILES string of the molecule is CCNC(=NCC(O)c1ccc(Cl)s1)NCC1CC1.I. The molecule has 1 heterocycles. The number of thiophene rings is 1. The minimum atomic E-state index is -0.589. The number of nitrogens with zero attached hydrogens (tertiary/aromatic N) is 1. The standard InChI is InChI=1S/C13H20ClN3OS.HI/c1-2-15-13(16-7-9-3-4-9)17-8-10(18)11-5-6-12(14)19-11;/h5-6,9-10,18H,2-4,7-8H2,1H3,(H2,15,16,17);1H. The van der Waals surface area contributed by atoms with Gasteiger partial charge in [-0.3, -0.25) is 4.99 Å². The van der Waals surface area contributed by atoms with Crippen LogP contribution in [0.2, 0.25) is 4.34 Å². The molecule has 0 saturated heterocycles. The zero-order chi connectivity index (χ0) is 13.7. The Morgan fingerprint density at radius 1 is 1.50 bits per heavy atom. The van der Waals surface area contributed by atoms with Crippen molar-refractivity contribution >= 4 is 52.9 Å². The number of halogens is 2. The number of nitrogens with one attached hydrogen (secondary N) is 2. The van der Waals surface area contributed by atoms with Gasteiger partial charge in [0, 0.05) is 18.0 Å². The summed E-state index contributed by atoms with van der Waals surface area (Å²) in [5.41, 5.74) is 0. The van der Waals surface area contributed by atoms with Gasteiger partial charge in [-0.15, -0.1) is 35.3 Å². The molecule has 0 radical (unpaired) electrons. The Hall–Kier alpha value is -0.0500. The molecule has 1 fully saturated rings. The van der Waals surface area contributed by atoms with Gasteiger partial charge in [0.1, 0.15) is 6.10 Å². The van der Waals surface area contributed by atoms with Gasteiger partial charge in [-0.25, -0.2) is 0 Å². The van der Waals surface area contributed by atoms with Crippen LogP contribution in [0.15, 0.2) is 17.1 Å². The average molecular weight is 430 g/mol. The maximum atomic E-state index is 10.0. The van der Waals surface area contributed by atoms with E-state index in [0.717, 1.165) is 29.8 Å². The second-order valence-corrected chi connectivity index (χ2v) is 6.45. The van der Waals surface area contributed by atoms with E-state index in [9.17, 15) is 5.11 Å². The molecule has 1 unspecified atom stereocenters. The molecular formula is C13H21ClIN3OS. The van der Waals surface area contributed by atoms with Crippen molar-refractivity contribution in [3.63, 3.8) is 0 Å². The molecule has 1 saturated carbocycles. The van der Waals surface area contributed by atoms with E-state index in [1.807, 2.05) is 13.0 Å². The van der Waals surface area contributed by atoms with Gasteiger partial charge >= 0.3 is 0 Å². The van der Waals surface area contributed by atoms with Crippen molar-refractivity contribution in [2.45, 2.75) is 25.9 Å². The second-order valence-electron chi connectivity index (χ2n) is 4.70. The number of hydrogen-bond donors (Lipinski definition) is 3. The van der Waals surface area contributed by atoms with Gasteiger partial charge in [-0.05, 0) is 37.8 Å². The molecule has 0 bridgehead atoms. The van der Waals surface area contributed by atoms with Crippen LogP contribution in [-0.4, -0.2) is 30.7 Å². The number of aliphatic hydroxyl groups excluding tert-OH is 1. The van der Waals surface area contributed by atoms with Gasteiger partial charge in [0.05, 0.1) is 10.9 Å². The fraction of sp³-hybridized carbons (Fsp3) is 0.615. The largest absolute Gasteiger partial charge is 0.386 e. The minimum absolute atomic E-state index is 0. The van der Waals surface area contributed by atoms with Gasteiger partial charge in [-0.1, -0.05) is 11.6 Å². The summed E-state index contributed by atoms with van der Waals surface area (Å²) in [7, 11) is 0. The average Bonchev–Trinajstić information content (AvgIpc) is 3.13. The summed E-state index contributed by atoms with van der Waals surface area (Å²) in [4.78, 5) is 5.26. The fourth-order valence-corrected chi connectivity index (χ4v) is 2.72. The number of hydrogen-bond acceptors (Lipinski definition) is 3. The molecule has 4 nitrogen and oxygen atoms in total. The highest BCUT2D eigenvalue weighted by molar-refractivity contribution is 14.0. The lowest BCUT2D eigenvalue weighted by Crippen LogP contribution is -2.38. The minimum Gasteiger partial charge on any atom is -0.386 e. The maximum Gasteiger partial charge on any atom is 0.191 e. The Morgan fingerprint density at radius 2 is 2.25 bits per heavy atom. The first kappa shape index (κ1) is 18.0. The smallest absolute Gasteiger partial charge is 0.191 e. The lowest BCUT2D eigenvalue weighted by atomic mass is 10.3. The van der Waals surface area contributed by atoms with E-state index < -0.39 is 6.10 Å². The predicted molar refractivity (Wildman–Crippen MR) is 96.4 cm³/mol. The first-order valence-corrected chi connectivity index (χ1v) is 7.84. The summed E-state index contributed by atoms with van der Waals surface area (Å²) in [5.74, 6) is 1.57. The number of guanidine groups is 1. The molecule has 114 valence electrons. The summed E-state index contributed by atoms with van der Waals surface area (Å²) >= 11 is 7.25. The van der Waals surface area contributed by atoms with E-state index in [1.54, 1.807) is 6.07 Å². The first-order valence-electron chi connectivity index (χ1n) is 6.64. The summed E-state index contributed by atoms with van der Waals surface area (Å²) in [6.07, 6.45) is 2.03. The third-order valence-electron chi connectivity index (χ3n) is 2.94. The highest BCUT2D eigenvalue weighted by Crippen LogP contribution is 2.28. The molecule has 3 N–H and O–H groups in total. The lowest BCUT2D eigenvalue weighted by molar-refractivity contribution is 0.191. The molecule has 1 aromatic rings. The normalized spacial score (nSPS) is 16.4. The second kappa shape index (κ2) is 9.07. The Bertz CT molecular complexity index is 437. The van der Waals surface area contributed by atoms with Crippen molar-refractivity contribution in [1.29, 1.82) is 0 Å². The molecule has 0 aromatic carbocycles. The molecule has 1 aromatic heterocycles. The van der Waals surface area contributed by atoms with Gasteiger partial charge in [0.15, 0.2) is 5.96 Å². The van der Waals surface area contributed by atoms with Crippen LogP contribution in [0.25, 0.3) is 0 Å². The summed E-state index contributed by atoms with van der Waals surface area (Å²) in [6.45, 7) is 4.16. The summed E-state index contributed by atoms with van der Waals surface area (Å²) in [5, 5.41) is 16.5. The van der Waals surface area contributed by atoms with E-state index in [2.05, 4.69) is 15.6 Å². The quantitative estimate of drug-likeness (QED) is 0.370. The van der Waals surface area contributed by atoms with Crippen LogP contribution in [-0.2, 0) is 0 Å². The van der Waals surface area contributed by atoms with Crippen molar-refractivity contribution in [1.82, 2.24) is 10.6 Å². The van der Waals surface area contributed by atoms with E-state index in [-0.39, 0.29) is 24.0 Å². The van der Waals surface area contributed by atoms with Crippen molar-refractivity contribution in [3.05, 3.63) is 21.3 Å². The fourth-order valence-electron chi connectivity index (χ4n) is 1.68. The molecule has 1 atom stereocenters. The van der Waals surface area contributed by atoms with E-state index in [1.165, 1.54) is 24.2 Å². The number of aliphatic imine (C=N–C) groups is 1.